The molecule has 0 unspecified atom stereocenters. The molecular formula is C19H23N5O3. The van der Waals surface area contributed by atoms with Crippen molar-refractivity contribution in [2.24, 2.45) is 13.0 Å². The van der Waals surface area contributed by atoms with E-state index in [4.69, 9.17) is 5.11 Å². The first-order valence-corrected chi connectivity index (χ1v) is 8.39. The van der Waals surface area contributed by atoms with Crippen molar-refractivity contribution in [3.8, 4) is 11.4 Å². The molecular weight excluding hydrogens is 346 g/mol. The van der Waals surface area contributed by atoms with E-state index in [0.29, 0.717) is 23.5 Å². The minimum Gasteiger partial charge on any atom is -0.465 e. The van der Waals surface area contributed by atoms with E-state index in [-0.39, 0.29) is 11.8 Å². The number of carbonyl (C=O) groups is 2. The van der Waals surface area contributed by atoms with Gasteiger partial charge >= 0.3 is 6.09 Å². The van der Waals surface area contributed by atoms with Crippen molar-refractivity contribution in [3.63, 3.8) is 0 Å². The Labute approximate surface area is 157 Å². The van der Waals surface area contributed by atoms with E-state index in [0.717, 1.165) is 5.56 Å². The van der Waals surface area contributed by atoms with Crippen LogP contribution in [0, 0.1) is 5.92 Å². The molecule has 0 aliphatic heterocycles. The predicted octanol–water partition coefficient (Wildman–Crippen LogP) is 3.13. The van der Waals surface area contributed by atoms with Crippen LogP contribution in [0.15, 0.2) is 49.8 Å². The Balaban J connectivity index is 2.40. The topological polar surface area (TPSA) is 109 Å². The van der Waals surface area contributed by atoms with Gasteiger partial charge in [-0.15, -0.1) is 13.2 Å². The van der Waals surface area contributed by atoms with Gasteiger partial charge in [0.25, 0.3) is 0 Å². The number of aromatic nitrogens is 3. The highest BCUT2D eigenvalue weighted by Gasteiger charge is 2.19. The zero-order valence-electron chi connectivity index (χ0n) is 15.3. The lowest BCUT2D eigenvalue weighted by Crippen LogP contribution is -2.26. The van der Waals surface area contributed by atoms with Crippen LogP contribution in [0.2, 0.25) is 0 Å². The fourth-order valence-electron chi connectivity index (χ4n) is 2.57. The number of carboxylic acid groups (broad SMARTS) is 1. The van der Waals surface area contributed by atoms with Crippen LogP contribution in [-0.4, -0.2) is 31.9 Å². The molecule has 27 heavy (non-hydrogen) atoms. The van der Waals surface area contributed by atoms with Crippen molar-refractivity contribution < 1.29 is 14.7 Å². The average Bonchev–Trinajstić information content (AvgIpc) is 3.00. The Hall–Kier alpha value is -3.42. The summed E-state index contributed by atoms with van der Waals surface area (Å²) in [7, 11) is 1.74. The molecule has 0 bridgehead atoms. The van der Waals surface area contributed by atoms with E-state index in [1.165, 1.54) is 0 Å². The molecule has 0 fully saturated rings. The highest BCUT2D eigenvalue weighted by molar-refractivity contribution is 5.96. The Bertz CT molecular complexity index is 859. The fraction of sp³-hybridized carbons (Fsp3) is 0.263. The number of aryl methyl sites for hydroxylation is 1. The van der Waals surface area contributed by atoms with Crippen LogP contribution in [0.5, 0.6) is 0 Å². The second-order valence-electron chi connectivity index (χ2n) is 6.04. The molecule has 0 radical (unpaired) electrons. The van der Waals surface area contributed by atoms with Gasteiger partial charge in [0.05, 0.1) is 29.5 Å². The number of rotatable bonds is 8. The minimum atomic E-state index is -1.12. The summed E-state index contributed by atoms with van der Waals surface area (Å²) in [5.41, 5.74) is 2.44. The fourth-order valence-corrected chi connectivity index (χ4v) is 2.57. The van der Waals surface area contributed by atoms with Crippen LogP contribution < -0.4 is 10.6 Å². The Kier molecular flexibility index (Phi) is 6.48. The number of hydrogen-bond donors (Lipinski definition) is 3. The standard InChI is InChI=1S/C19H23N5O3/c1-5-7-14(23-19(26)27)13-8-9-20-15(10-13)17-16(11-21-24(17)4)22-18(25)12(3)6-2/h5-6,8-12,14,23H,1-2,7H2,3-4H3,(H,22,25)(H,26,27)/t12-,14+/m1/s1. The molecule has 0 saturated carbocycles. The van der Waals surface area contributed by atoms with Crippen molar-refractivity contribution in [2.45, 2.75) is 19.4 Å². The number of anilines is 1. The van der Waals surface area contributed by atoms with Gasteiger partial charge in [-0.2, -0.15) is 5.10 Å². The van der Waals surface area contributed by atoms with Crippen LogP contribution >= 0.6 is 0 Å². The number of amides is 2. The van der Waals surface area contributed by atoms with Crippen LogP contribution in [0.1, 0.15) is 24.9 Å². The number of nitrogens with zero attached hydrogens (tertiary/aromatic N) is 3. The third kappa shape index (κ3) is 4.81. The molecule has 2 aromatic heterocycles. The quantitative estimate of drug-likeness (QED) is 0.619. The van der Waals surface area contributed by atoms with Crippen molar-refractivity contribution in [2.75, 3.05) is 5.32 Å². The number of hydrogen-bond acceptors (Lipinski definition) is 4. The average molecular weight is 369 g/mol. The zero-order chi connectivity index (χ0) is 20.0. The second-order valence-corrected chi connectivity index (χ2v) is 6.04. The summed E-state index contributed by atoms with van der Waals surface area (Å²) < 4.78 is 1.60. The molecule has 2 aromatic rings. The van der Waals surface area contributed by atoms with Gasteiger partial charge in [-0.3, -0.25) is 14.5 Å². The third-order valence-electron chi connectivity index (χ3n) is 4.09. The summed E-state index contributed by atoms with van der Waals surface area (Å²) in [6, 6.07) is 3.06. The SMILES string of the molecule is C=CC[C@H](NC(=O)O)c1ccnc(-c2c(NC(=O)[C@H](C)C=C)cnn2C)c1. The van der Waals surface area contributed by atoms with Crippen LogP contribution in [0.3, 0.4) is 0 Å². The first-order chi connectivity index (χ1) is 12.9. The summed E-state index contributed by atoms with van der Waals surface area (Å²) in [5.74, 6) is -0.554. The molecule has 0 aromatic carbocycles. The first kappa shape index (κ1) is 19.9. The zero-order valence-corrected chi connectivity index (χ0v) is 15.3. The minimum absolute atomic E-state index is 0.201. The van der Waals surface area contributed by atoms with Crippen molar-refractivity contribution in [1.82, 2.24) is 20.1 Å². The van der Waals surface area contributed by atoms with E-state index in [1.807, 2.05) is 0 Å². The molecule has 3 N–H and O–H groups in total. The summed E-state index contributed by atoms with van der Waals surface area (Å²) >= 11 is 0. The van der Waals surface area contributed by atoms with Crippen molar-refractivity contribution in [3.05, 3.63) is 55.4 Å². The van der Waals surface area contributed by atoms with Crippen LogP contribution in [0.4, 0.5) is 10.5 Å². The van der Waals surface area contributed by atoms with Gasteiger partial charge in [0.15, 0.2) is 0 Å². The summed E-state index contributed by atoms with van der Waals surface area (Å²) in [4.78, 5) is 27.6. The van der Waals surface area contributed by atoms with Gasteiger partial charge in [0, 0.05) is 13.2 Å². The Morgan fingerprint density at radius 2 is 2.15 bits per heavy atom. The van der Waals surface area contributed by atoms with E-state index in [9.17, 15) is 9.59 Å². The molecule has 8 heteroatoms. The highest BCUT2D eigenvalue weighted by Crippen LogP contribution is 2.28. The smallest absolute Gasteiger partial charge is 0.405 e. The maximum absolute atomic E-state index is 12.2. The second kappa shape index (κ2) is 8.79. The van der Waals surface area contributed by atoms with E-state index in [1.54, 1.807) is 55.3 Å². The maximum Gasteiger partial charge on any atom is 0.405 e. The molecule has 2 atom stereocenters. The summed E-state index contributed by atoms with van der Waals surface area (Å²) in [6.07, 6.45) is 5.66. The molecule has 142 valence electrons. The van der Waals surface area contributed by atoms with E-state index >= 15 is 0 Å². The number of nitrogens with one attached hydrogen (secondary N) is 2. The van der Waals surface area contributed by atoms with Gasteiger partial charge in [0.1, 0.15) is 5.69 Å². The lowest BCUT2D eigenvalue weighted by Gasteiger charge is -2.16. The van der Waals surface area contributed by atoms with Crippen LogP contribution in [0.25, 0.3) is 11.4 Å². The number of carbonyl (C=O) groups excluding carboxylic acids is 1. The lowest BCUT2D eigenvalue weighted by molar-refractivity contribution is -0.118. The number of pyridine rings is 1. The van der Waals surface area contributed by atoms with E-state index < -0.39 is 12.1 Å². The normalized spacial score (nSPS) is 12.7. The van der Waals surface area contributed by atoms with Gasteiger partial charge in [0.2, 0.25) is 5.91 Å². The van der Waals surface area contributed by atoms with Crippen molar-refractivity contribution in [1.29, 1.82) is 0 Å². The molecule has 0 saturated heterocycles. The molecule has 8 nitrogen and oxygen atoms in total. The van der Waals surface area contributed by atoms with Gasteiger partial charge in [-0.1, -0.05) is 19.1 Å². The van der Waals surface area contributed by atoms with Gasteiger partial charge in [-0.05, 0) is 24.1 Å². The monoisotopic (exact) mass is 369 g/mol. The maximum atomic E-state index is 12.2. The summed E-state index contributed by atoms with van der Waals surface area (Å²) in [6.45, 7) is 9.04. The molecule has 2 heterocycles. The molecule has 0 aliphatic carbocycles. The molecule has 0 spiro atoms. The molecule has 0 aliphatic rings. The molecule has 2 rings (SSSR count). The highest BCUT2D eigenvalue weighted by atomic mass is 16.4. The first-order valence-electron chi connectivity index (χ1n) is 8.39. The predicted molar refractivity (Wildman–Crippen MR) is 103 cm³/mol. The van der Waals surface area contributed by atoms with Gasteiger partial charge in [-0.25, -0.2) is 4.79 Å². The van der Waals surface area contributed by atoms with Gasteiger partial charge < -0.3 is 15.7 Å². The van der Waals surface area contributed by atoms with Crippen molar-refractivity contribution >= 4 is 17.7 Å². The Morgan fingerprint density at radius 1 is 1.41 bits per heavy atom. The third-order valence-corrected chi connectivity index (χ3v) is 4.09. The Morgan fingerprint density at radius 3 is 2.78 bits per heavy atom. The summed E-state index contributed by atoms with van der Waals surface area (Å²) in [5, 5.41) is 18.6. The van der Waals surface area contributed by atoms with E-state index in [2.05, 4.69) is 33.9 Å². The lowest BCUT2D eigenvalue weighted by atomic mass is 10.0. The molecule has 2 amide bonds. The largest absolute Gasteiger partial charge is 0.465 e. The van der Waals surface area contributed by atoms with Crippen LogP contribution in [-0.2, 0) is 11.8 Å².